The summed E-state index contributed by atoms with van der Waals surface area (Å²) in [6.45, 7) is 1.05. The maximum Gasteiger partial charge on any atom is 0.387 e. The molecule has 0 unspecified atom stereocenters. The standard InChI is InChI=1S/C25H20F2N2O4S/c1-2-5-17-6-3-4-7-21(17)31-14-19-12-13-22(32-19)23(30)29-25-28-20(15-34-25)16-8-10-18(11-9-16)33-24(26)27/h2-4,6-13,15,24H,1,5,14H2,(H,28,29,30). The van der Waals surface area contributed by atoms with Crippen molar-refractivity contribution in [3.05, 3.63) is 95.8 Å². The van der Waals surface area contributed by atoms with Crippen LogP contribution in [0.2, 0.25) is 0 Å². The van der Waals surface area contributed by atoms with Crippen LogP contribution >= 0.6 is 11.3 Å². The lowest BCUT2D eigenvalue weighted by molar-refractivity contribution is -0.0498. The topological polar surface area (TPSA) is 73.6 Å². The van der Waals surface area contributed by atoms with Crippen LogP contribution in [0.25, 0.3) is 11.3 Å². The van der Waals surface area contributed by atoms with Gasteiger partial charge < -0.3 is 13.9 Å². The van der Waals surface area contributed by atoms with Crippen LogP contribution in [0.3, 0.4) is 0 Å². The van der Waals surface area contributed by atoms with E-state index in [0.29, 0.717) is 28.6 Å². The van der Waals surface area contributed by atoms with Crippen LogP contribution in [0, 0.1) is 0 Å². The number of carbonyl (C=O) groups is 1. The van der Waals surface area contributed by atoms with Gasteiger partial charge in [0, 0.05) is 10.9 Å². The molecular weight excluding hydrogens is 462 g/mol. The van der Waals surface area contributed by atoms with Crippen LogP contribution in [0.4, 0.5) is 13.9 Å². The van der Waals surface area contributed by atoms with Crippen LogP contribution in [0.5, 0.6) is 11.5 Å². The van der Waals surface area contributed by atoms with Crippen molar-refractivity contribution in [3.8, 4) is 22.8 Å². The Morgan fingerprint density at radius 1 is 1.15 bits per heavy atom. The molecule has 4 rings (SSSR count). The Kier molecular flexibility index (Phi) is 7.34. The van der Waals surface area contributed by atoms with Crippen molar-refractivity contribution in [2.45, 2.75) is 19.6 Å². The van der Waals surface area contributed by atoms with Gasteiger partial charge in [-0.3, -0.25) is 10.1 Å². The van der Waals surface area contributed by atoms with E-state index in [9.17, 15) is 13.6 Å². The van der Waals surface area contributed by atoms with Gasteiger partial charge in [-0.1, -0.05) is 24.3 Å². The minimum atomic E-state index is -2.88. The smallest absolute Gasteiger partial charge is 0.387 e. The summed E-state index contributed by atoms with van der Waals surface area (Å²) in [5.41, 5.74) is 2.31. The molecule has 0 aliphatic rings. The van der Waals surface area contributed by atoms with Crippen molar-refractivity contribution in [1.82, 2.24) is 4.98 Å². The number of furan rings is 1. The van der Waals surface area contributed by atoms with E-state index >= 15 is 0 Å². The normalized spacial score (nSPS) is 10.8. The zero-order chi connectivity index (χ0) is 23.9. The molecule has 6 nitrogen and oxygen atoms in total. The minimum absolute atomic E-state index is 0.0595. The van der Waals surface area contributed by atoms with Gasteiger partial charge in [-0.05, 0) is 54.4 Å². The number of rotatable bonds is 10. The Morgan fingerprint density at radius 3 is 2.71 bits per heavy atom. The van der Waals surface area contributed by atoms with Crippen molar-refractivity contribution in [2.24, 2.45) is 0 Å². The molecule has 0 saturated carbocycles. The monoisotopic (exact) mass is 482 g/mol. The molecule has 2 aromatic heterocycles. The summed E-state index contributed by atoms with van der Waals surface area (Å²) in [4.78, 5) is 16.9. The quantitative estimate of drug-likeness (QED) is 0.259. The number of hydrogen-bond acceptors (Lipinski definition) is 6. The third-order valence-corrected chi connectivity index (χ3v) is 5.45. The van der Waals surface area contributed by atoms with E-state index in [-0.39, 0.29) is 18.1 Å². The second-order valence-corrected chi connectivity index (χ2v) is 7.91. The zero-order valence-corrected chi connectivity index (χ0v) is 18.7. The lowest BCUT2D eigenvalue weighted by Crippen LogP contribution is -2.10. The van der Waals surface area contributed by atoms with Crippen LogP contribution in [-0.4, -0.2) is 17.5 Å². The van der Waals surface area contributed by atoms with Crippen LogP contribution in [0.15, 0.2) is 83.1 Å². The maximum atomic E-state index is 12.6. The number of anilines is 1. The molecule has 1 N–H and O–H groups in total. The van der Waals surface area contributed by atoms with Crippen molar-refractivity contribution in [2.75, 3.05) is 5.32 Å². The lowest BCUT2D eigenvalue weighted by Gasteiger charge is -2.08. The second-order valence-electron chi connectivity index (χ2n) is 7.05. The van der Waals surface area contributed by atoms with Gasteiger partial charge in [-0.25, -0.2) is 4.98 Å². The first kappa shape index (κ1) is 23.2. The average Bonchev–Trinajstić information content (AvgIpc) is 3.49. The fourth-order valence-electron chi connectivity index (χ4n) is 3.12. The number of para-hydroxylation sites is 1. The Morgan fingerprint density at radius 2 is 1.94 bits per heavy atom. The summed E-state index contributed by atoms with van der Waals surface area (Å²) in [5.74, 6) is 0.978. The van der Waals surface area contributed by atoms with Gasteiger partial charge in [0.2, 0.25) is 0 Å². The first-order chi connectivity index (χ1) is 16.5. The maximum absolute atomic E-state index is 12.6. The number of thiazole rings is 1. The Hall–Kier alpha value is -3.98. The number of ether oxygens (including phenoxy) is 2. The molecule has 0 aliphatic carbocycles. The van der Waals surface area contributed by atoms with Crippen molar-refractivity contribution in [3.63, 3.8) is 0 Å². The average molecular weight is 483 g/mol. The number of allylic oxidation sites excluding steroid dienone is 1. The molecular formula is C25H20F2N2O4S. The molecule has 9 heteroatoms. The summed E-state index contributed by atoms with van der Waals surface area (Å²) >= 11 is 1.23. The fraction of sp³-hybridized carbons (Fsp3) is 0.120. The van der Waals surface area contributed by atoms with Gasteiger partial charge in [0.05, 0.1) is 5.69 Å². The summed E-state index contributed by atoms with van der Waals surface area (Å²) in [6, 6.07) is 17.0. The van der Waals surface area contributed by atoms with Crippen molar-refractivity contribution in [1.29, 1.82) is 0 Å². The van der Waals surface area contributed by atoms with Gasteiger partial charge in [0.25, 0.3) is 5.91 Å². The molecule has 2 heterocycles. The predicted molar refractivity (Wildman–Crippen MR) is 126 cm³/mol. The molecule has 0 atom stereocenters. The molecule has 0 aliphatic heterocycles. The highest BCUT2D eigenvalue weighted by molar-refractivity contribution is 7.14. The molecule has 2 aromatic carbocycles. The number of carbonyl (C=O) groups excluding carboxylic acids is 1. The highest BCUT2D eigenvalue weighted by Gasteiger charge is 2.15. The van der Waals surface area contributed by atoms with Gasteiger partial charge in [0.15, 0.2) is 10.9 Å². The SMILES string of the molecule is C=CCc1ccccc1OCc1ccc(C(=O)Nc2nc(-c3ccc(OC(F)F)cc3)cs2)o1. The molecule has 0 fully saturated rings. The highest BCUT2D eigenvalue weighted by atomic mass is 32.1. The molecule has 1 amide bonds. The first-order valence-corrected chi connectivity index (χ1v) is 11.1. The van der Waals surface area contributed by atoms with E-state index in [4.69, 9.17) is 9.15 Å². The molecule has 34 heavy (non-hydrogen) atoms. The molecule has 174 valence electrons. The van der Waals surface area contributed by atoms with Crippen LogP contribution in [-0.2, 0) is 13.0 Å². The first-order valence-electron chi connectivity index (χ1n) is 10.2. The third-order valence-electron chi connectivity index (χ3n) is 4.69. The molecule has 0 bridgehead atoms. The van der Waals surface area contributed by atoms with E-state index in [0.717, 1.165) is 11.3 Å². The predicted octanol–water partition coefficient (Wildman–Crippen LogP) is 6.56. The highest BCUT2D eigenvalue weighted by Crippen LogP contribution is 2.27. The molecule has 0 radical (unpaired) electrons. The summed E-state index contributed by atoms with van der Waals surface area (Å²) in [7, 11) is 0. The molecule has 0 spiro atoms. The summed E-state index contributed by atoms with van der Waals surface area (Å²) in [6.07, 6.45) is 2.49. The van der Waals surface area contributed by atoms with E-state index in [2.05, 4.69) is 21.6 Å². The van der Waals surface area contributed by atoms with Crippen molar-refractivity contribution < 1.29 is 27.5 Å². The zero-order valence-electron chi connectivity index (χ0n) is 17.9. The minimum Gasteiger partial charge on any atom is -0.485 e. The number of benzene rings is 2. The number of amides is 1. The van der Waals surface area contributed by atoms with Gasteiger partial charge in [-0.2, -0.15) is 8.78 Å². The number of alkyl halides is 2. The van der Waals surface area contributed by atoms with Crippen LogP contribution < -0.4 is 14.8 Å². The number of halogens is 2. The number of nitrogens with one attached hydrogen (secondary N) is 1. The molecule has 0 saturated heterocycles. The number of aromatic nitrogens is 1. The van der Waals surface area contributed by atoms with E-state index in [1.54, 1.807) is 35.7 Å². The van der Waals surface area contributed by atoms with E-state index in [1.807, 2.05) is 24.3 Å². The largest absolute Gasteiger partial charge is 0.485 e. The summed E-state index contributed by atoms with van der Waals surface area (Å²) < 4.78 is 40.4. The third kappa shape index (κ3) is 5.87. The fourth-order valence-corrected chi connectivity index (χ4v) is 3.84. The van der Waals surface area contributed by atoms with Crippen molar-refractivity contribution >= 4 is 22.4 Å². The molecule has 4 aromatic rings. The Bertz CT molecular complexity index is 1270. The Labute approximate surface area is 198 Å². The number of nitrogens with zero attached hydrogens (tertiary/aromatic N) is 1. The van der Waals surface area contributed by atoms with Gasteiger partial charge >= 0.3 is 6.61 Å². The van der Waals surface area contributed by atoms with Gasteiger partial charge in [0.1, 0.15) is 23.9 Å². The van der Waals surface area contributed by atoms with E-state index in [1.165, 1.54) is 23.5 Å². The van der Waals surface area contributed by atoms with E-state index < -0.39 is 12.5 Å². The second kappa shape index (κ2) is 10.8. The summed E-state index contributed by atoms with van der Waals surface area (Å²) in [5, 5.41) is 4.82. The van der Waals surface area contributed by atoms with Crippen LogP contribution in [0.1, 0.15) is 21.9 Å². The Balaban J connectivity index is 1.35. The number of hydrogen-bond donors (Lipinski definition) is 1. The van der Waals surface area contributed by atoms with Gasteiger partial charge in [-0.15, -0.1) is 17.9 Å². The lowest BCUT2D eigenvalue weighted by atomic mass is 10.1.